The number of rotatable bonds is 6. The van der Waals surface area contributed by atoms with Crippen molar-refractivity contribution in [3.05, 3.63) is 35.9 Å². The Kier molecular flexibility index (Phi) is 5.75. The second-order valence-electron chi connectivity index (χ2n) is 9.23. The van der Waals surface area contributed by atoms with Crippen molar-refractivity contribution in [3.8, 4) is 0 Å². The van der Waals surface area contributed by atoms with Gasteiger partial charge in [0.15, 0.2) is 0 Å². The van der Waals surface area contributed by atoms with Gasteiger partial charge in [0.1, 0.15) is 0 Å². The summed E-state index contributed by atoms with van der Waals surface area (Å²) in [6.45, 7) is 8.29. The molecule has 3 aliphatic heterocycles. The van der Waals surface area contributed by atoms with Crippen LogP contribution in [0, 0.1) is 17.8 Å². The minimum absolute atomic E-state index is 0.0436. The summed E-state index contributed by atoms with van der Waals surface area (Å²) in [5, 5.41) is 3.29. The van der Waals surface area contributed by atoms with Crippen molar-refractivity contribution < 1.29 is 13.2 Å². The third-order valence-corrected chi connectivity index (χ3v) is 9.13. The van der Waals surface area contributed by atoms with Crippen molar-refractivity contribution in [1.82, 2.24) is 14.5 Å². The van der Waals surface area contributed by atoms with E-state index < -0.39 is 10.0 Å². The Labute approximate surface area is 174 Å². The summed E-state index contributed by atoms with van der Waals surface area (Å²) in [5.74, 6) is 1.21. The maximum absolute atomic E-state index is 12.9. The average Bonchev–Trinajstić information content (AvgIpc) is 3.22. The third kappa shape index (κ3) is 4.09. The minimum atomic E-state index is -3.34. The van der Waals surface area contributed by atoms with E-state index >= 15 is 0 Å². The van der Waals surface area contributed by atoms with Crippen LogP contribution < -0.4 is 5.32 Å². The van der Waals surface area contributed by atoms with E-state index in [9.17, 15) is 13.2 Å². The lowest BCUT2D eigenvalue weighted by Crippen LogP contribution is -2.56. The molecule has 6 nitrogen and oxygen atoms in total. The lowest BCUT2D eigenvalue weighted by molar-refractivity contribution is -0.123. The van der Waals surface area contributed by atoms with Crippen LogP contribution in [0.1, 0.15) is 38.7 Å². The Bertz CT molecular complexity index is 834. The Balaban J connectivity index is 1.41. The number of hydrogen-bond donors (Lipinski definition) is 1. The molecular weight excluding hydrogens is 386 g/mol. The maximum atomic E-state index is 12.9. The molecule has 0 bridgehead atoms. The molecule has 1 unspecified atom stereocenters. The molecule has 3 heterocycles. The number of piperidine rings is 1. The monoisotopic (exact) mass is 419 g/mol. The van der Waals surface area contributed by atoms with E-state index in [1.54, 1.807) is 4.31 Å². The number of benzene rings is 1. The fourth-order valence-corrected chi connectivity index (χ4v) is 6.93. The van der Waals surface area contributed by atoms with Crippen LogP contribution in [0.2, 0.25) is 0 Å². The van der Waals surface area contributed by atoms with Crippen molar-refractivity contribution in [2.75, 3.05) is 32.7 Å². The quantitative estimate of drug-likeness (QED) is 0.766. The summed E-state index contributed by atoms with van der Waals surface area (Å²) >= 11 is 0. The Morgan fingerprint density at radius 2 is 1.86 bits per heavy atom. The van der Waals surface area contributed by atoms with Crippen LogP contribution in [0.3, 0.4) is 0 Å². The SMILES string of the molecule is CCC(C)CN1C[C@H]2C(=O)NC3(CCN(S(=O)(=O)Cc4ccccc4)CC3)[C@H]2C1. The summed E-state index contributed by atoms with van der Waals surface area (Å²) in [4.78, 5) is 15.1. The summed E-state index contributed by atoms with van der Waals surface area (Å²) in [6, 6.07) is 9.35. The highest BCUT2D eigenvalue weighted by Gasteiger charge is 2.57. The molecule has 3 aliphatic rings. The Morgan fingerprint density at radius 3 is 2.52 bits per heavy atom. The predicted molar refractivity (Wildman–Crippen MR) is 114 cm³/mol. The summed E-state index contributed by atoms with van der Waals surface area (Å²) in [5.41, 5.74) is 0.587. The fraction of sp³-hybridized carbons (Fsp3) is 0.682. The van der Waals surface area contributed by atoms with Gasteiger partial charge >= 0.3 is 0 Å². The van der Waals surface area contributed by atoms with Crippen molar-refractivity contribution in [1.29, 1.82) is 0 Å². The molecule has 3 fully saturated rings. The molecule has 29 heavy (non-hydrogen) atoms. The first kappa shape index (κ1) is 20.8. The van der Waals surface area contributed by atoms with Crippen LogP contribution in [-0.4, -0.2) is 61.8 Å². The van der Waals surface area contributed by atoms with Gasteiger partial charge in [0, 0.05) is 44.2 Å². The van der Waals surface area contributed by atoms with Crippen LogP contribution in [-0.2, 0) is 20.6 Å². The van der Waals surface area contributed by atoms with Crippen molar-refractivity contribution >= 4 is 15.9 Å². The van der Waals surface area contributed by atoms with Crippen LogP contribution in [0.4, 0.5) is 0 Å². The molecule has 4 rings (SSSR count). The van der Waals surface area contributed by atoms with Gasteiger partial charge < -0.3 is 10.2 Å². The van der Waals surface area contributed by atoms with E-state index in [0.29, 0.717) is 37.8 Å². The number of sulfonamides is 1. The molecule has 1 aromatic carbocycles. The molecule has 0 saturated carbocycles. The first-order valence-corrected chi connectivity index (χ1v) is 12.5. The number of nitrogens with zero attached hydrogens (tertiary/aromatic N) is 2. The number of likely N-dealkylation sites (tertiary alicyclic amines) is 1. The molecule has 0 aliphatic carbocycles. The van der Waals surface area contributed by atoms with Gasteiger partial charge in [0.25, 0.3) is 0 Å². The zero-order valence-corrected chi connectivity index (χ0v) is 18.3. The van der Waals surface area contributed by atoms with E-state index in [1.807, 2.05) is 30.3 Å². The normalized spacial score (nSPS) is 28.4. The number of carbonyl (C=O) groups excluding carboxylic acids is 1. The third-order valence-electron chi connectivity index (χ3n) is 7.28. The molecule has 0 aromatic heterocycles. The average molecular weight is 420 g/mol. The van der Waals surface area contributed by atoms with Crippen LogP contribution in [0.15, 0.2) is 30.3 Å². The Morgan fingerprint density at radius 1 is 1.17 bits per heavy atom. The number of amides is 1. The minimum Gasteiger partial charge on any atom is -0.350 e. The smallest absolute Gasteiger partial charge is 0.225 e. The Hall–Kier alpha value is -1.44. The van der Waals surface area contributed by atoms with Crippen molar-refractivity contribution in [3.63, 3.8) is 0 Å². The lowest BCUT2D eigenvalue weighted by atomic mass is 9.76. The number of nitrogens with one attached hydrogen (secondary N) is 1. The van der Waals surface area contributed by atoms with Gasteiger partial charge in [-0.1, -0.05) is 50.6 Å². The van der Waals surface area contributed by atoms with Crippen LogP contribution >= 0.6 is 0 Å². The topological polar surface area (TPSA) is 69.7 Å². The standard InChI is InChI=1S/C22H33N3O3S/c1-3-17(2)13-24-14-19-20(15-24)22(23-21(19)26)9-11-25(12-10-22)29(27,28)16-18-7-5-4-6-8-18/h4-8,17,19-20H,3,9-16H2,1-2H3,(H,23,26)/t17?,19-,20+/m1/s1. The zero-order chi connectivity index (χ0) is 20.6. The predicted octanol–water partition coefficient (Wildman–Crippen LogP) is 2.07. The second kappa shape index (κ2) is 8.00. The molecule has 3 atom stereocenters. The van der Waals surface area contributed by atoms with E-state index in [4.69, 9.17) is 0 Å². The number of fused-ring (bicyclic) bond motifs is 2. The van der Waals surface area contributed by atoms with Crippen molar-refractivity contribution in [2.45, 2.75) is 44.4 Å². The fourth-order valence-electron chi connectivity index (χ4n) is 5.40. The first-order valence-electron chi connectivity index (χ1n) is 10.9. The number of hydrogen-bond acceptors (Lipinski definition) is 4. The maximum Gasteiger partial charge on any atom is 0.225 e. The van der Waals surface area contributed by atoms with Gasteiger partial charge in [-0.05, 0) is 24.3 Å². The lowest BCUT2D eigenvalue weighted by Gasteiger charge is -2.42. The molecule has 7 heteroatoms. The molecule has 1 spiro atoms. The van der Waals surface area contributed by atoms with E-state index in [0.717, 1.165) is 31.6 Å². The van der Waals surface area contributed by atoms with Gasteiger partial charge in [-0.3, -0.25) is 4.79 Å². The summed E-state index contributed by atoms with van der Waals surface area (Å²) < 4.78 is 27.4. The van der Waals surface area contributed by atoms with E-state index in [2.05, 4.69) is 24.1 Å². The van der Waals surface area contributed by atoms with E-state index in [1.165, 1.54) is 0 Å². The molecule has 1 aromatic rings. The van der Waals surface area contributed by atoms with Gasteiger partial charge in [-0.2, -0.15) is 0 Å². The molecule has 1 N–H and O–H groups in total. The van der Waals surface area contributed by atoms with Crippen LogP contribution in [0.5, 0.6) is 0 Å². The highest BCUT2D eigenvalue weighted by Crippen LogP contribution is 2.44. The van der Waals surface area contributed by atoms with Gasteiger partial charge in [0.05, 0.1) is 11.7 Å². The first-order chi connectivity index (χ1) is 13.8. The highest BCUT2D eigenvalue weighted by molar-refractivity contribution is 7.88. The second-order valence-corrected chi connectivity index (χ2v) is 11.2. The summed E-state index contributed by atoms with van der Waals surface area (Å²) in [7, 11) is -3.34. The van der Waals surface area contributed by atoms with Crippen molar-refractivity contribution in [2.24, 2.45) is 17.8 Å². The molecule has 3 saturated heterocycles. The zero-order valence-electron chi connectivity index (χ0n) is 17.5. The number of carbonyl (C=O) groups is 1. The molecular formula is C22H33N3O3S. The van der Waals surface area contributed by atoms with Gasteiger partial charge in [-0.15, -0.1) is 0 Å². The molecule has 160 valence electrons. The molecule has 0 radical (unpaired) electrons. The largest absolute Gasteiger partial charge is 0.350 e. The van der Waals surface area contributed by atoms with E-state index in [-0.39, 0.29) is 23.1 Å². The van der Waals surface area contributed by atoms with Crippen LogP contribution in [0.25, 0.3) is 0 Å². The van der Waals surface area contributed by atoms with Gasteiger partial charge in [0.2, 0.25) is 15.9 Å². The molecule has 1 amide bonds. The van der Waals surface area contributed by atoms with Gasteiger partial charge in [-0.25, -0.2) is 12.7 Å². The highest BCUT2D eigenvalue weighted by atomic mass is 32.2. The summed E-state index contributed by atoms with van der Waals surface area (Å²) in [6.07, 6.45) is 2.58.